The Morgan fingerprint density at radius 3 is 2.45 bits per heavy atom. The molecule has 0 aliphatic carbocycles. The quantitative estimate of drug-likeness (QED) is 0.458. The monoisotopic (exact) mass is 464 g/mol. The zero-order chi connectivity index (χ0) is 23.2. The lowest BCUT2D eigenvalue weighted by Gasteiger charge is -2.44. The summed E-state index contributed by atoms with van der Waals surface area (Å²) in [5, 5.41) is 2.92. The summed E-state index contributed by atoms with van der Waals surface area (Å²) in [6, 6.07) is 19.0. The van der Waals surface area contributed by atoms with E-state index in [0.717, 1.165) is 60.8 Å². The van der Waals surface area contributed by atoms with Crippen LogP contribution in [0.25, 0.3) is 10.8 Å². The van der Waals surface area contributed by atoms with Crippen molar-refractivity contribution in [3.8, 4) is 0 Å². The van der Waals surface area contributed by atoms with Crippen LogP contribution in [-0.2, 0) is 10.2 Å². The number of hydrogen-bond donors (Lipinski definition) is 0. The molecule has 0 radical (unpaired) electrons. The van der Waals surface area contributed by atoms with Gasteiger partial charge in [0.2, 0.25) is 5.91 Å². The molecule has 0 N–H and O–H groups in total. The van der Waals surface area contributed by atoms with Crippen LogP contribution in [0.2, 0.25) is 5.02 Å². The largest absolute Gasteiger partial charge is 0.336 e. The van der Waals surface area contributed by atoms with Gasteiger partial charge >= 0.3 is 0 Å². The summed E-state index contributed by atoms with van der Waals surface area (Å²) in [6.45, 7) is 4.72. The second-order valence-corrected chi connectivity index (χ2v) is 10.2. The van der Waals surface area contributed by atoms with E-state index < -0.39 is 0 Å². The molecule has 3 aromatic rings. The minimum Gasteiger partial charge on any atom is -0.336 e. The van der Waals surface area contributed by atoms with Crippen LogP contribution in [0.4, 0.5) is 4.39 Å². The second kappa shape index (κ2) is 8.73. The molecule has 2 heterocycles. The van der Waals surface area contributed by atoms with Crippen molar-refractivity contribution in [1.82, 2.24) is 9.80 Å². The van der Waals surface area contributed by atoms with Gasteiger partial charge in [-0.25, -0.2) is 4.39 Å². The molecule has 5 rings (SSSR count). The molecule has 3 nitrogen and oxygen atoms in total. The standard InChI is InChI=1S/C28H30ClFN2O/c1-19(25-18-22(29)17-20-5-3-4-6-24(20)25)32-14-11-26(27(32)33)28(12-15-31(2)16-13-28)21-7-9-23(30)10-8-21/h3-10,17-19,26H,11-16H2,1-2H3. The lowest BCUT2D eigenvalue weighted by atomic mass is 9.64. The Morgan fingerprint density at radius 1 is 1.03 bits per heavy atom. The Kier molecular flexibility index (Phi) is 5.92. The Morgan fingerprint density at radius 2 is 1.73 bits per heavy atom. The van der Waals surface area contributed by atoms with Crippen molar-refractivity contribution in [3.05, 3.63) is 82.6 Å². The second-order valence-electron chi connectivity index (χ2n) is 9.73. The molecular formula is C28H30ClFN2O. The molecule has 2 unspecified atom stereocenters. The predicted octanol–water partition coefficient (Wildman–Crippen LogP) is 6.21. The van der Waals surface area contributed by atoms with E-state index in [0.29, 0.717) is 5.02 Å². The molecule has 1 amide bonds. The number of carbonyl (C=O) groups is 1. The zero-order valence-corrected chi connectivity index (χ0v) is 20.0. The van der Waals surface area contributed by atoms with Crippen molar-refractivity contribution in [2.45, 2.75) is 37.6 Å². The fourth-order valence-corrected chi connectivity index (χ4v) is 6.29. The van der Waals surface area contributed by atoms with E-state index in [2.05, 4.69) is 31.0 Å². The minimum atomic E-state index is -0.248. The van der Waals surface area contributed by atoms with Crippen LogP contribution in [0.5, 0.6) is 0 Å². The number of amides is 1. The molecule has 2 fully saturated rings. The number of likely N-dealkylation sites (tertiary alicyclic amines) is 2. The van der Waals surface area contributed by atoms with Gasteiger partial charge in [-0.1, -0.05) is 48.0 Å². The van der Waals surface area contributed by atoms with E-state index in [1.54, 1.807) is 0 Å². The van der Waals surface area contributed by atoms with Gasteiger partial charge in [-0.05, 0) is 92.5 Å². The van der Waals surface area contributed by atoms with Gasteiger partial charge in [0.05, 0.1) is 6.04 Å². The maximum Gasteiger partial charge on any atom is 0.227 e. The normalized spacial score (nSPS) is 22.1. The van der Waals surface area contributed by atoms with Gasteiger partial charge in [0.1, 0.15) is 5.82 Å². The summed E-state index contributed by atoms with van der Waals surface area (Å²) >= 11 is 6.45. The number of fused-ring (bicyclic) bond motifs is 1. The highest BCUT2D eigenvalue weighted by Gasteiger charge is 2.50. The summed E-state index contributed by atoms with van der Waals surface area (Å²) in [5.74, 6) is -0.118. The van der Waals surface area contributed by atoms with Crippen molar-refractivity contribution in [1.29, 1.82) is 0 Å². The third kappa shape index (κ3) is 3.94. The fraction of sp³-hybridized carbons (Fsp3) is 0.393. The fourth-order valence-electron chi connectivity index (χ4n) is 6.05. The number of halogens is 2. The minimum absolute atomic E-state index is 0.0670. The van der Waals surface area contributed by atoms with Crippen molar-refractivity contribution in [3.63, 3.8) is 0 Å². The highest BCUT2D eigenvalue weighted by atomic mass is 35.5. The van der Waals surface area contributed by atoms with E-state index in [-0.39, 0.29) is 29.1 Å². The number of carbonyl (C=O) groups excluding carboxylic acids is 1. The summed E-state index contributed by atoms with van der Waals surface area (Å²) in [6.07, 6.45) is 2.64. The first-order valence-corrected chi connectivity index (χ1v) is 12.2. The average Bonchev–Trinajstić information content (AvgIpc) is 3.21. The van der Waals surface area contributed by atoms with Crippen LogP contribution >= 0.6 is 11.6 Å². The van der Waals surface area contributed by atoms with Crippen LogP contribution in [0.3, 0.4) is 0 Å². The van der Waals surface area contributed by atoms with E-state index in [4.69, 9.17) is 11.6 Å². The lowest BCUT2D eigenvalue weighted by molar-refractivity contribution is -0.135. The summed E-state index contributed by atoms with van der Waals surface area (Å²) < 4.78 is 13.7. The van der Waals surface area contributed by atoms with Gasteiger partial charge < -0.3 is 9.80 Å². The van der Waals surface area contributed by atoms with Crippen molar-refractivity contribution < 1.29 is 9.18 Å². The van der Waals surface area contributed by atoms with E-state index >= 15 is 0 Å². The van der Waals surface area contributed by atoms with Crippen LogP contribution in [0.15, 0.2) is 60.7 Å². The Bertz CT molecular complexity index is 1170. The molecule has 2 aliphatic rings. The molecule has 2 atom stereocenters. The molecule has 2 saturated heterocycles. The summed E-state index contributed by atoms with van der Waals surface area (Å²) in [4.78, 5) is 18.3. The predicted molar refractivity (Wildman–Crippen MR) is 132 cm³/mol. The number of benzene rings is 3. The first-order valence-electron chi connectivity index (χ1n) is 11.8. The van der Waals surface area contributed by atoms with E-state index in [1.807, 2.05) is 41.3 Å². The molecule has 5 heteroatoms. The molecule has 0 aromatic heterocycles. The average molecular weight is 465 g/mol. The number of rotatable bonds is 4. The van der Waals surface area contributed by atoms with Gasteiger partial charge in [-0.15, -0.1) is 0 Å². The van der Waals surface area contributed by atoms with Gasteiger partial charge in [-0.2, -0.15) is 0 Å². The molecule has 172 valence electrons. The SMILES string of the molecule is CC(c1cc(Cl)cc2ccccc12)N1CCC(C2(c3ccc(F)cc3)CCN(C)CC2)C1=O. The number of piperidine rings is 1. The molecule has 2 aliphatic heterocycles. The van der Waals surface area contributed by atoms with Gasteiger partial charge in [0.25, 0.3) is 0 Å². The van der Waals surface area contributed by atoms with Crippen LogP contribution in [0, 0.1) is 11.7 Å². The third-order valence-corrected chi connectivity index (χ3v) is 8.20. The van der Waals surface area contributed by atoms with Crippen molar-refractivity contribution in [2.75, 3.05) is 26.7 Å². The highest BCUT2D eigenvalue weighted by Crippen LogP contribution is 2.48. The summed E-state index contributed by atoms with van der Waals surface area (Å²) in [5.41, 5.74) is 1.94. The molecular weight excluding hydrogens is 435 g/mol. The van der Waals surface area contributed by atoms with Gasteiger partial charge in [-0.3, -0.25) is 4.79 Å². The van der Waals surface area contributed by atoms with Gasteiger partial charge in [0, 0.05) is 22.9 Å². The molecule has 0 spiro atoms. The van der Waals surface area contributed by atoms with Crippen LogP contribution in [-0.4, -0.2) is 42.4 Å². The first-order chi connectivity index (χ1) is 15.9. The van der Waals surface area contributed by atoms with Crippen LogP contribution in [0.1, 0.15) is 43.4 Å². The maximum absolute atomic E-state index is 14.0. The molecule has 0 bridgehead atoms. The number of nitrogens with zero attached hydrogens (tertiary/aromatic N) is 2. The van der Waals surface area contributed by atoms with Gasteiger partial charge in [0.15, 0.2) is 0 Å². The first kappa shape index (κ1) is 22.4. The molecule has 33 heavy (non-hydrogen) atoms. The molecule has 0 saturated carbocycles. The Balaban J connectivity index is 1.49. The Hall–Kier alpha value is -2.43. The smallest absolute Gasteiger partial charge is 0.227 e. The summed E-state index contributed by atoms with van der Waals surface area (Å²) in [7, 11) is 2.13. The zero-order valence-electron chi connectivity index (χ0n) is 19.2. The van der Waals surface area contributed by atoms with E-state index in [9.17, 15) is 9.18 Å². The Labute approximate surface area is 200 Å². The third-order valence-electron chi connectivity index (χ3n) is 7.98. The highest BCUT2D eigenvalue weighted by molar-refractivity contribution is 6.31. The van der Waals surface area contributed by atoms with Crippen molar-refractivity contribution >= 4 is 28.3 Å². The van der Waals surface area contributed by atoms with Crippen LogP contribution < -0.4 is 0 Å². The topological polar surface area (TPSA) is 23.6 Å². The number of hydrogen-bond acceptors (Lipinski definition) is 2. The molecule has 3 aromatic carbocycles. The van der Waals surface area contributed by atoms with Crippen molar-refractivity contribution in [2.24, 2.45) is 5.92 Å². The van der Waals surface area contributed by atoms with E-state index in [1.165, 1.54) is 12.1 Å². The maximum atomic E-state index is 14.0. The lowest BCUT2D eigenvalue weighted by Crippen LogP contribution is -2.48.